The molecule has 0 bridgehead atoms. The fourth-order valence-electron chi connectivity index (χ4n) is 1.45. The molecule has 1 atom stereocenters. The molecule has 0 saturated carbocycles. The van der Waals surface area contributed by atoms with Gasteiger partial charge in [-0.3, -0.25) is 0 Å². The van der Waals surface area contributed by atoms with Gasteiger partial charge in [0.05, 0.1) is 0 Å². The third-order valence-electron chi connectivity index (χ3n) is 2.34. The molecule has 0 spiro atoms. The Morgan fingerprint density at radius 2 is 1.93 bits per heavy atom. The van der Waals surface area contributed by atoms with Crippen molar-refractivity contribution in [3.05, 3.63) is 57.8 Å². The van der Waals surface area contributed by atoms with Gasteiger partial charge in [0, 0.05) is 11.4 Å². The Morgan fingerprint density at radius 1 is 1.20 bits per heavy atom. The van der Waals surface area contributed by atoms with Crippen molar-refractivity contribution < 1.29 is 5.11 Å². The number of aliphatic hydroxyl groups is 1. The first-order valence-electron chi connectivity index (χ1n) is 4.81. The summed E-state index contributed by atoms with van der Waals surface area (Å²) in [6.45, 7) is 0.537. The quantitative estimate of drug-likeness (QED) is 0.832. The number of thiophene rings is 1. The lowest BCUT2D eigenvalue weighted by atomic mass is 10.1. The number of rotatable bonds is 3. The third kappa shape index (κ3) is 2.26. The van der Waals surface area contributed by atoms with E-state index < -0.39 is 6.10 Å². The standard InChI is InChI=1S/C12H13NOS/c13-8-9-3-5-10(6-4-9)12(14)11-2-1-7-15-11/h1-7,12,14H,8,13H2. The maximum absolute atomic E-state index is 10.0. The molecule has 15 heavy (non-hydrogen) atoms. The lowest BCUT2D eigenvalue weighted by Crippen LogP contribution is -1.99. The SMILES string of the molecule is NCc1ccc(C(O)c2cccs2)cc1. The van der Waals surface area contributed by atoms with E-state index >= 15 is 0 Å². The highest BCUT2D eigenvalue weighted by atomic mass is 32.1. The zero-order valence-electron chi connectivity index (χ0n) is 8.26. The first kappa shape index (κ1) is 10.4. The minimum absolute atomic E-state index is 0.517. The van der Waals surface area contributed by atoms with E-state index in [1.807, 2.05) is 41.8 Å². The summed E-state index contributed by atoms with van der Waals surface area (Å²) in [4.78, 5) is 0.968. The predicted molar refractivity (Wildman–Crippen MR) is 62.7 cm³/mol. The average molecular weight is 219 g/mol. The number of hydrogen-bond acceptors (Lipinski definition) is 3. The minimum Gasteiger partial charge on any atom is -0.383 e. The minimum atomic E-state index is -0.517. The van der Waals surface area contributed by atoms with E-state index in [4.69, 9.17) is 5.73 Å². The van der Waals surface area contributed by atoms with Crippen molar-refractivity contribution in [3.8, 4) is 0 Å². The van der Waals surface area contributed by atoms with E-state index in [0.717, 1.165) is 16.0 Å². The molecule has 0 fully saturated rings. The van der Waals surface area contributed by atoms with E-state index in [1.165, 1.54) is 0 Å². The second-order valence-electron chi connectivity index (χ2n) is 3.36. The molecule has 2 aromatic rings. The molecular weight excluding hydrogens is 206 g/mol. The van der Waals surface area contributed by atoms with Crippen molar-refractivity contribution >= 4 is 11.3 Å². The summed E-state index contributed by atoms with van der Waals surface area (Å²) >= 11 is 1.56. The van der Waals surface area contributed by atoms with Crippen LogP contribution in [0.25, 0.3) is 0 Å². The fraction of sp³-hybridized carbons (Fsp3) is 0.167. The van der Waals surface area contributed by atoms with Gasteiger partial charge in [0.1, 0.15) is 6.10 Å². The molecule has 0 amide bonds. The van der Waals surface area contributed by atoms with Crippen molar-refractivity contribution in [1.82, 2.24) is 0 Å². The molecule has 0 radical (unpaired) electrons. The zero-order valence-corrected chi connectivity index (χ0v) is 9.08. The van der Waals surface area contributed by atoms with Gasteiger partial charge in [-0.2, -0.15) is 0 Å². The third-order valence-corrected chi connectivity index (χ3v) is 3.27. The van der Waals surface area contributed by atoms with Gasteiger partial charge in [0.2, 0.25) is 0 Å². The van der Waals surface area contributed by atoms with Crippen LogP contribution < -0.4 is 5.73 Å². The average Bonchev–Trinajstić information content (AvgIpc) is 2.82. The summed E-state index contributed by atoms with van der Waals surface area (Å²) in [6, 6.07) is 11.6. The largest absolute Gasteiger partial charge is 0.383 e. The second kappa shape index (κ2) is 4.57. The summed E-state index contributed by atoms with van der Waals surface area (Å²) in [5.74, 6) is 0. The molecule has 1 aromatic heterocycles. The Kier molecular flexibility index (Phi) is 3.16. The lowest BCUT2D eigenvalue weighted by Gasteiger charge is -2.09. The first-order chi connectivity index (χ1) is 7.31. The monoisotopic (exact) mass is 219 g/mol. The van der Waals surface area contributed by atoms with Crippen molar-refractivity contribution in [3.63, 3.8) is 0 Å². The molecule has 3 N–H and O–H groups in total. The van der Waals surface area contributed by atoms with E-state index in [1.54, 1.807) is 11.3 Å². The Bertz CT molecular complexity index is 408. The van der Waals surface area contributed by atoms with Gasteiger partial charge in [0.25, 0.3) is 0 Å². The van der Waals surface area contributed by atoms with Crippen LogP contribution in [-0.4, -0.2) is 5.11 Å². The van der Waals surface area contributed by atoms with Crippen molar-refractivity contribution in [1.29, 1.82) is 0 Å². The van der Waals surface area contributed by atoms with Gasteiger partial charge >= 0.3 is 0 Å². The van der Waals surface area contributed by atoms with Crippen LogP contribution in [0.4, 0.5) is 0 Å². The fourth-order valence-corrected chi connectivity index (χ4v) is 2.18. The van der Waals surface area contributed by atoms with Crippen molar-refractivity contribution in [2.45, 2.75) is 12.6 Å². The molecule has 78 valence electrons. The second-order valence-corrected chi connectivity index (χ2v) is 4.34. The molecule has 1 heterocycles. The van der Waals surface area contributed by atoms with Gasteiger partial charge in [-0.1, -0.05) is 30.3 Å². The number of hydrogen-bond donors (Lipinski definition) is 2. The molecule has 0 saturated heterocycles. The van der Waals surface area contributed by atoms with Crippen molar-refractivity contribution in [2.75, 3.05) is 0 Å². The van der Waals surface area contributed by atoms with Crippen LogP contribution in [-0.2, 0) is 6.54 Å². The van der Waals surface area contributed by atoms with E-state index in [0.29, 0.717) is 6.54 Å². The maximum atomic E-state index is 10.0. The highest BCUT2D eigenvalue weighted by Gasteiger charge is 2.10. The van der Waals surface area contributed by atoms with Crippen LogP contribution in [0.3, 0.4) is 0 Å². The van der Waals surface area contributed by atoms with Gasteiger partial charge in [-0.05, 0) is 22.6 Å². The number of benzene rings is 1. The van der Waals surface area contributed by atoms with E-state index in [9.17, 15) is 5.11 Å². The zero-order chi connectivity index (χ0) is 10.7. The van der Waals surface area contributed by atoms with Crippen LogP contribution in [0.1, 0.15) is 22.1 Å². The van der Waals surface area contributed by atoms with Crippen LogP contribution >= 0.6 is 11.3 Å². The summed E-state index contributed by atoms with van der Waals surface area (Å²) in [6.07, 6.45) is -0.517. The number of aliphatic hydroxyl groups excluding tert-OH is 1. The summed E-state index contributed by atoms with van der Waals surface area (Å²) in [5.41, 5.74) is 7.50. The van der Waals surface area contributed by atoms with Crippen LogP contribution in [0.2, 0.25) is 0 Å². The Morgan fingerprint density at radius 3 is 2.47 bits per heavy atom. The van der Waals surface area contributed by atoms with Crippen LogP contribution in [0.15, 0.2) is 41.8 Å². The maximum Gasteiger partial charge on any atom is 0.113 e. The molecule has 0 aliphatic heterocycles. The van der Waals surface area contributed by atoms with Crippen LogP contribution in [0.5, 0.6) is 0 Å². The predicted octanol–water partition coefficient (Wildman–Crippen LogP) is 2.29. The van der Waals surface area contributed by atoms with Gasteiger partial charge in [-0.25, -0.2) is 0 Å². The van der Waals surface area contributed by atoms with E-state index in [2.05, 4.69) is 0 Å². The molecular formula is C12H13NOS. The highest BCUT2D eigenvalue weighted by molar-refractivity contribution is 7.10. The Labute approximate surface area is 93.0 Å². The Hall–Kier alpha value is -1.16. The summed E-state index contributed by atoms with van der Waals surface area (Å²) < 4.78 is 0. The molecule has 0 aliphatic rings. The first-order valence-corrected chi connectivity index (χ1v) is 5.69. The van der Waals surface area contributed by atoms with Gasteiger partial charge in [-0.15, -0.1) is 11.3 Å². The molecule has 3 heteroatoms. The normalized spacial score (nSPS) is 12.7. The summed E-state index contributed by atoms with van der Waals surface area (Å²) in [5, 5.41) is 12.0. The smallest absolute Gasteiger partial charge is 0.113 e. The molecule has 2 nitrogen and oxygen atoms in total. The molecule has 2 rings (SSSR count). The van der Waals surface area contributed by atoms with E-state index in [-0.39, 0.29) is 0 Å². The summed E-state index contributed by atoms with van der Waals surface area (Å²) in [7, 11) is 0. The molecule has 1 unspecified atom stereocenters. The van der Waals surface area contributed by atoms with Gasteiger partial charge in [0.15, 0.2) is 0 Å². The highest BCUT2D eigenvalue weighted by Crippen LogP contribution is 2.25. The lowest BCUT2D eigenvalue weighted by molar-refractivity contribution is 0.224. The van der Waals surface area contributed by atoms with Gasteiger partial charge < -0.3 is 10.8 Å². The van der Waals surface area contributed by atoms with Crippen molar-refractivity contribution in [2.24, 2.45) is 5.73 Å². The Balaban J connectivity index is 2.22. The van der Waals surface area contributed by atoms with Crippen LogP contribution in [0, 0.1) is 0 Å². The number of nitrogens with two attached hydrogens (primary N) is 1. The molecule has 0 aliphatic carbocycles. The molecule has 1 aromatic carbocycles. The topological polar surface area (TPSA) is 46.2 Å².